The van der Waals surface area contributed by atoms with Crippen molar-refractivity contribution in [2.24, 2.45) is 0 Å². The Hall–Kier alpha value is -3.17. The van der Waals surface area contributed by atoms with E-state index in [1.165, 1.54) is 28.7 Å². The summed E-state index contributed by atoms with van der Waals surface area (Å²) < 4.78 is 2.04. The molecule has 3 heterocycles. The molecule has 9 heteroatoms. The number of aromatic nitrogens is 4. The van der Waals surface area contributed by atoms with Gasteiger partial charge in [0.05, 0.1) is 27.6 Å². The highest BCUT2D eigenvalue weighted by Crippen LogP contribution is 2.44. The number of benzene rings is 1. The maximum absolute atomic E-state index is 12.2. The number of nitrogens with zero attached hydrogens (tertiary/aromatic N) is 4. The van der Waals surface area contributed by atoms with Crippen LogP contribution in [0.5, 0.6) is 0 Å². The highest BCUT2D eigenvalue weighted by Gasteiger charge is 2.30. The van der Waals surface area contributed by atoms with Crippen molar-refractivity contribution in [1.29, 1.82) is 0 Å². The number of thioether (sulfide) groups is 1. The molecule has 5 rings (SSSR count). The lowest BCUT2D eigenvalue weighted by Gasteiger charge is -2.15. The topological polar surface area (TPSA) is 84.7 Å². The predicted molar refractivity (Wildman–Crippen MR) is 141 cm³/mol. The van der Waals surface area contributed by atoms with Crippen LogP contribution in [-0.2, 0) is 12.8 Å². The van der Waals surface area contributed by atoms with E-state index in [2.05, 4.69) is 47.7 Å². The molecule has 1 amide bonds. The molecule has 3 aromatic heterocycles. The molecule has 1 aliphatic rings. The third-order valence-corrected chi connectivity index (χ3v) is 7.40. The SMILES string of the molecule is CCNc1ccc(-c2nn(-c3ccccc3C)c3c2CCc2nc(NC(=O)SCC)sc2-3)cn1. The van der Waals surface area contributed by atoms with Gasteiger partial charge in [0.15, 0.2) is 5.13 Å². The van der Waals surface area contributed by atoms with Gasteiger partial charge in [-0.3, -0.25) is 10.1 Å². The first-order chi connectivity index (χ1) is 16.6. The van der Waals surface area contributed by atoms with Gasteiger partial charge in [-0.1, -0.05) is 48.2 Å². The van der Waals surface area contributed by atoms with Crippen molar-refractivity contribution in [2.75, 3.05) is 22.9 Å². The maximum atomic E-state index is 12.2. The Morgan fingerprint density at radius 3 is 2.76 bits per heavy atom. The number of hydrogen-bond donors (Lipinski definition) is 2. The molecule has 1 aliphatic carbocycles. The molecule has 0 unspecified atom stereocenters. The Bertz CT molecular complexity index is 1340. The molecule has 0 atom stereocenters. The predicted octanol–water partition coefficient (Wildman–Crippen LogP) is 6.18. The number of hydrogen-bond acceptors (Lipinski definition) is 7. The molecule has 174 valence electrons. The van der Waals surface area contributed by atoms with Crippen molar-refractivity contribution in [3.05, 3.63) is 59.4 Å². The Morgan fingerprint density at radius 2 is 2.03 bits per heavy atom. The largest absolute Gasteiger partial charge is 0.370 e. The Morgan fingerprint density at radius 1 is 1.18 bits per heavy atom. The molecule has 34 heavy (non-hydrogen) atoms. The number of aryl methyl sites for hydroxylation is 2. The summed E-state index contributed by atoms with van der Waals surface area (Å²) in [4.78, 5) is 22.5. The molecule has 4 aromatic rings. The van der Waals surface area contributed by atoms with Crippen molar-refractivity contribution in [1.82, 2.24) is 19.7 Å². The van der Waals surface area contributed by atoms with Crippen LogP contribution in [-0.4, -0.2) is 37.3 Å². The first kappa shape index (κ1) is 22.6. The van der Waals surface area contributed by atoms with Crippen LogP contribution in [0.25, 0.3) is 27.5 Å². The van der Waals surface area contributed by atoms with Gasteiger partial charge in [0.1, 0.15) is 5.82 Å². The van der Waals surface area contributed by atoms with Gasteiger partial charge in [-0.25, -0.2) is 14.6 Å². The lowest BCUT2D eigenvalue weighted by molar-refractivity contribution is 0.270. The van der Waals surface area contributed by atoms with Gasteiger partial charge in [-0.05, 0) is 56.2 Å². The Balaban J connectivity index is 1.65. The lowest BCUT2D eigenvalue weighted by atomic mass is 9.95. The molecule has 0 saturated heterocycles. The van der Waals surface area contributed by atoms with E-state index < -0.39 is 0 Å². The minimum absolute atomic E-state index is 0.0752. The van der Waals surface area contributed by atoms with Crippen molar-refractivity contribution in [2.45, 2.75) is 33.6 Å². The molecule has 0 spiro atoms. The molecule has 0 aliphatic heterocycles. The third kappa shape index (κ3) is 4.21. The van der Waals surface area contributed by atoms with Crippen molar-refractivity contribution in [3.8, 4) is 27.5 Å². The number of fused-ring (bicyclic) bond motifs is 3. The van der Waals surface area contributed by atoms with E-state index in [9.17, 15) is 4.79 Å². The number of pyridine rings is 1. The fraction of sp³-hybridized carbons (Fsp3) is 0.280. The number of carbonyl (C=O) groups is 1. The zero-order chi connectivity index (χ0) is 23.7. The van der Waals surface area contributed by atoms with Crippen LogP contribution in [0.15, 0.2) is 42.6 Å². The van der Waals surface area contributed by atoms with Crippen LogP contribution in [0, 0.1) is 6.92 Å². The number of nitrogens with one attached hydrogen (secondary N) is 2. The van der Waals surface area contributed by atoms with Gasteiger partial charge >= 0.3 is 0 Å². The first-order valence-electron chi connectivity index (χ1n) is 11.4. The Kier molecular flexibility index (Phi) is 6.38. The zero-order valence-electron chi connectivity index (χ0n) is 19.4. The summed E-state index contributed by atoms with van der Waals surface area (Å²) in [7, 11) is 0. The van der Waals surface area contributed by atoms with Gasteiger partial charge in [-0.2, -0.15) is 5.10 Å². The first-order valence-corrected chi connectivity index (χ1v) is 13.2. The van der Waals surface area contributed by atoms with Crippen LogP contribution < -0.4 is 10.6 Å². The molecule has 0 fully saturated rings. The second kappa shape index (κ2) is 9.60. The van der Waals surface area contributed by atoms with Crippen LogP contribution in [0.3, 0.4) is 0 Å². The average molecular weight is 491 g/mol. The van der Waals surface area contributed by atoms with E-state index in [0.717, 1.165) is 69.7 Å². The van der Waals surface area contributed by atoms with Gasteiger partial charge in [0.2, 0.25) is 0 Å². The molecular weight excluding hydrogens is 464 g/mol. The normalized spacial score (nSPS) is 12.2. The molecular formula is C25H26N6OS2. The highest BCUT2D eigenvalue weighted by molar-refractivity contribution is 8.13. The molecule has 0 radical (unpaired) electrons. The van der Waals surface area contributed by atoms with Crippen LogP contribution in [0.2, 0.25) is 0 Å². The molecule has 0 saturated carbocycles. The number of thiazole rings is 1. The van der Waals surface area contributed by atoms with Gasteiger partial charge in [-0.15, -0.1) is 0 Å². The van der Waals surface area contributed by atoms with E-state index in [4.69, 9.17) is 10.1 Å². The van der Waals surface area contributed by atoms with Crippen LogP contribution in [0.1, 0.15) is 30.7 Å². The number of amides is 1. The Labute approximate surface area is 207 Å². The van der Waals surface area contributed by atoms with Gasteiger partial charge < -0.3 is 5.32 Å². The number of para-hydroxylation sites is 1. The maximum Gasteiger partial charge on any atom is 0.285 e. The standard InChI is InChI=1S/C25H26N6OS2/c1-4-26-20-13-10-16(14-27-20)21-17-11-12-18-23(34-24(28-18)29-25(32)33-5-2)22(17)31(30-21)19-9-7-6-8-15(19)3/h6-10,13-14H,4-5,11-12H2,1-3H3,(H,26,27)(H,28,29,32). The number of anilines is 2. The molecule has 7 nitrogen and oxygen atoms in total. The monoisotopic (exact) mass is 490 g/mol. The van der Waals surface area contributed by atoms with Crippen LogP contribution in [0.4, 0.5) is 15.7 Å². The van der Waals surface area contributed by atoms with E-state index in [0.29, 0.717) is 5.13 Å². The second-order valence-corrected chi connectivity index (χ2v) is 10.2. The van der Waals surface area contributed by atoms with Crippen molar-refractivity contribution >= 4 is 39.3 Å². The summed E-state index contributed by atoms with van der Waals surface area (Å²) >= 11 is 2.77. The highest BCUT2D eigenvalue weighted by atomic mass is 32.2. The molecule has 1 aromatic carbocycles. The minimum atomic E-state index is -0.0752. The van der Waals surface area contributed by atoms with Crippen molar-refractivity contribution in [3.63, 3.8) is 0 Å². The summed E-state index contributed by atoms with van der Waals surface area (Å²) in [5.41, 5.74) is 7.38. The summed E-state index contributed by atoms with van der Waals surface area (Å²) in [6.45, 7) is 6.94. The van der Waals surface area contributed by atoms with Crippen molar-refractivity contribution < 1.29 is 4.79 Å². The number of rotatable bonds is 6. The summed E-state index contributed by atoms with van der Waals surface area (Å²) in [6.07, 6.45) is 3.53. The quantitative estimate of drug-likeness (QED) is 0.336. The van der Waals surface area contributed by atoms with E-state index in [1.54, 1.807) is 0 Å². The summed E-state index contributed by atoms with van der Waals surface area (Å²) in [5, 5.41) is 11.9. The minimum Gasteiger partial charge on any atom is -0.370 e. The average Bonchev–Trinajstić information content (AvgIpc) is 3.41. The lowest BCUT2D eigenvalue weighted by Crippen LogP contribution is -2.07. The second-order valence-electron chi connectivity index (χ2n) is 7.98. The zero-order valence-corrected chi connectivity index (χ0v) is 21.0. The molecule has 2 N–H and O–H groups in total. The fourth-order valence-electron chi connectivity index (χ4n) is 4.20. The van der Waals surface area contributed by atoms with Gasteiger partial charge in [0, 0.05) is 23.9 Å². The van der Waals surface area contributed by atoms with E-state index in [1.807, 2.05) is 36.0 Å². The van der Waals surface area contributed by atoms with E-state index in [-0.39, 0.29) is 5.24 Å². The van der Waals surface area contributed by atoms with Crippen LogP contribution >= 0.6 is 23.1 Å². The fourth-order valence-corrected chi connectivity index (χ4v) is 5.77. The smallest absolute Gasteiger partial charge is 0.285 e. The number of carbonyl (C=O) groups excluding carboxylic acids is 1. The van der Waals surface area contributed by atoms with Gasteiger partial charge in [0.25, 0.3) is 5.24 Å². The summed E-state index contributed by atoms with van der Waals surface area (Å²) in [6, 6.07) is 12.3. The summed E-state index contributed by atoms with van der Waals surface area (Å²) in [5.74, 6) is 1.58. The third-order valence-electron chi connectivity index (χ3n) is 5.73. The van der Waals surface area contributed by atoms with E-state index >= 15 is 0 Å². The molecule has 0 bridgehead atoms.